The van der Waals surface area contributed by atoms with E-state index in [1.807, 2.05) is 30.3 Å². The van der Waals surface area contributed by atoms with Crippen molar-refractivity contribution < 1.29 is 18.4 Å². The van der Waals surface area contributed by atoms with E-state index in [4.69, 9.17) is 5.73 Å². The van der Waals surface area contributed by atoms with Gasteiger partial charge in [0.15, 0.2) is 0 Å². The first-order valence-electron chi connectivity index (χ1n) is 8.33. The molecule has 6 nitrogen and oxygen atoms in total. The fourth-order valence-electron chi connectivity index (χ4n) is 2.88. The van der Waals surface area contributed by atoms with Crippen LogP contribution in [-0.4, -0.2) is 36.5 Å². The Bertz CT molecular complexity index is 590. The summed E-state index contributed by atoms with van der Waals surface area (Å²) < 4.78 is 26.5. The van der Waals surface area contributed by atoms with Gasteiger partial charge in [-0.25, -0.2) is 13.6 Å². The smallest absolute Gasteiger partial charge is 0.315 e. The van der Waals surface area contributed by atoms with E-state index < -0.39 is 36.5 Å². The SMILES string of the molecule is NCC(F)(F)CNC(=O)C1(NC(=O)NCc2ccccc2)CCCC1. The molecule has 1 aromatic rings. The Hall–Kier alpha value is -2.22. The number of rotatable bonds is 7. The second-order valence-corrected chi connectivity index (χ2v) is 6.33. The molecular formula is C17H24F2N4O2. The number of urea groups is 1. The molecule has 0 bridgehead atoms. The highest BCUT2D eigenvalue weighted by Crippen LogP contribution is 2.30. The number of nitrogens with one attached hydrogen (secondary N) is 3. The van der Waals surface area contributed by atoms with Gasteiger partial charge in [-0.2, -0.15) is 0 Å². The van der Waals surface area contributed by atoms with Crippen LogP contribution in [0.1, 0.15) is 31.2 Å². The Labute approximate surface area is 145 Å². The van der Waals surface area contributed by atoms with Crippen molar-refractivity contribution in [1.82, 2.24) is 16.0 Å². The van der Waals surface area contributed by atoms with Crippen molar-refractivity contribution in [3.05, 3.63) is 35.9 Å². The quantitative estimate of drug-likeness (QED) is 0.598. The van der Waals surface area contributed by atoms with E-state index >= 15 is 0 Å². The molecule has 25 heavy (non-hydrogen) atoms. The standard InChI is InChI=1S/C17H24F2N4O2/c18-17(19,11-20)12-22-14(24)16(8-4-5-9-16)23-15(25)21-10-13-6-2-1-3-7-13/h1-3,6-7H,4-5,8-12,20H2,(H,22,24)(H2,21,23,25). The van der Waals surface area contributed by atoms with Crippen LogP contribution in [0, 0.1) is 0 Å². The Morgan fingerprint density at radius 1 is 1.12 bits per heavy atom. The maximum Gasteiger partial charge on any atom is 0.315 e. The number of amides is 3. The third-order valence-electron chi connectivity index (χ3n) is 4.35. The van der Waals surface area contributed by atoms with E-state index in [2.05, 4.69) is 16.0 Å². The molecule has 138 valence electrons. The highest BCUT2D eigenvalue weighted by Gasteiger charge is 2.43. The van der Waals surface area contributed by atoms with Crippen LogP contribution in [0.25, 0.3) is 0 Å². The maximum absolute atomic E-state index is 13.3. The number of nitrogens with two attached hydrogens (primary N) is 1. The van der Waals surface area contributed by atoms with Crippen LogP contribution in [0.15, 0.2) is 30.3 Å². The third kappa shape index (κ3) is 5.38. The molecular weight excluding hydrogens is 330 g/mol. The van der Waals surface area contributed by atoms with Gasteiger partial charge in [0.2, 0.25) is 5.91 Å². The minimum Gasteiger partial charge on any atom is -0.348 e. The minimum atomic E-state index is -3.16. The fourth-order valence-corrected chi connectivity index (χ4v) is 2.88. The largest absolute Gasteiger partial charge is 0.348 e. The molecule has 0 aliphatic heterocycles. The molecule has 0 atom stereocenters. The lowest BCUT2D eigenvalue weighted by Crippen LogP contribution is -2.60. The van der Waals surface area contributed by atoms with Crippen LogP contribution in [0.3, 0.4) is 0 Å². The van der Waals surface area contributed by atoms with Gasteiger partial charge in [-0.05, 0) is 18.4 Å². The average Bonchev–Trinajstić information content (AvgIpc) is 3.08. The van der Waals surface area contributed by atoms with Crippen molar-refractivity contribution in [1.29, 1.82) is 0 Å². The van der Waals surface area contributed by atoms with Crippen molar-refractivity contribution in [2.24, 2.45) is 5.73 Å². The first kappa shape index (κ1) is 19.1. The van der Waals surface area contributed by atoms with Crippen LogP contribution in [0.5, 0.6) is 0 Å². The second kappa shape index (κ2) is 8.24. The number of hydrogen-bond donors (Lipinski definition) is 4. The summed E-state index contributed by atoms with van der Waals surface area (Å²) >= 11 is 0. The van der Waals surface area contributed by atoms with E-state index in [-0.39, 0.29) is 0 Å². The lowest BCUT2D eigenvalue weighted by Gasteiger charge is -2.30. The zero-order valence-corrected chi connectivity index (χ0v) is 14.0. The van der Waals surface area contributed by atoms with Gasteiger partial charge in [0.25, 0.3) is 5.92 Å². The Morgan fingerprint density at radius 3 is 2.36 bits per heavy atom. The topological polar surface area (TPSA) is 96.2 Å². The molecule has 1 aliphatic carbocycles. The molecule has 2 rings (SSSR count). The van der Waals surface area contributed by atoms with Crippen molar-refractivity contribution in [3.63, 3.8) is 0 Å². The van der Waals surface area contributed by atoms with Gasteiger partial charge >= 0.3 is 6.03 Å². The summed E-state index contributed by atoms with van der Waals surface area (Å²) in [7, 11) is 0. The van der Waals surface area contributed by atoms with Crippen molar-refractivity contribution in [2.45, 2.75) is 43.7 Å². The number of halogens is 2. The van der Waals surface area contributed by atoms with Gasteiger partial charge < -0.3 is 21.7 Å². The van der Waals surface area contributed by atoms with Gasteiger partial charge in [-0.15, -0.1) is 0 Å². The van der Waals surface area contributed by atoms with Crippen molar-refractivity contribution >= 4 is 11.9 Å². The predicted octanol–water partition coefficient (Wildman–Crippen LogP) is 1.51. The molecule has 3 amide bonds. The second-order valence-electron chi connectivity index (χ2n) is 6.33. The average molecular weight is 354 g/mol. The Morgan fingerprint density at radius 2 is 1.76 bits per heavy atom. The molecule has 1 saturated carbocycles. The van der Waals surface area contributed by atoms with Crippen molar-refractivity contribution in [3.8, 4) is 0 Å². The van der Waals surface area contributed by atoms with Crippen LogP contribution in [0.4, 0.5) is 13.6 Å². The van der Waals surface area contributed by atoms with Crippen molar-refractivity contribution in [2.75, 3.05) is 13.1 Å². The summed E-state index contributed by atoms with van der Waals surface area (Å²) in [5, 5.41) is 7.59. The number of benzene rings is 1. The highest BCUT2D eigenvalue weighted by atomic mass is 19.3. The molecule has 1 aromatic carbocycles. The van der Waals surface area contributed by atoms with Crippen LogP contribution >= 0.6 is 0 Å². The Balaban J connectivity index is 1.92. The summed E-state index contributed by atoms with van der Waals surface area (Å²) in [6.07, 6.45) is 2.34. The normalized spacial score (nSPS) is 16.3. The summed E-state index contributed by atoms with van der Waals surface area (Å²) in [6.45, 7) is -1.36. The molecule has 0 spiro atoms. The first-order valence-corrected chi connectivity index (χ1v) is 8.33. The van der Waals surface area contributed by atoms with Gasteiger partial charge in [0.1, 0.15) is 5.54 Å². The summed E-state index contributed by atoms with van der Waals surface area (Å²) in [4.78, 5) is 24.6. The van der Waals surface area contributed by atoms with Crippen LogP contribution in [0.2, 0.25) is 0 Å². The zero-order valence-electron chi connectivity index (χ0n) is 14.0. The number of carbonyl (C=O) groups excluding carboxylic acids is 2. The fraction of sp³-hybridized carbons (Fsp3) is 0.529. The molecule has 1 fully saturated rings. The summed E-state index contributed by atoms with van der Waals surface area (Å²) in [5.74, 6) is -3.75. The van der Waals surface area contributed by atoms with Gasteiger partial charge in [-0.3, -0.25) is 4.79 Å². The van der Waals surface area contributed by atoms with E-state index in [0.29, 0.717) is 19.4 Å². The molecule has 0 aromatic heterocycles. The molecule has 1 aliphatic rings. The van der Waals surface area contributed by atoms with Gasteiger partial charge in [-0.1, -0.05) is 43.2 Å². The molecule has 0 heterocycles. The van der Waals surface area contributed by atoms with Crippen LogP contribution < -0.4 is 21.7 Å². The maximum atomic E-state index is 13.3. The van der Waals surface area contributed by atoms with Crippen LogP contribution in [-0.2, 0) is 11.3 Å². The van der Waals surface area contributed by atoms with E-state index in [0.717, 1.165) is 18.4 Å². The third-order valence-corrected chi connectivity index (χ3v) is 4.35. The molecule has 8 heteroatoms. The zero-order chi connectivity index (χ0) is 18.3. The Kier molecular flexibility index (Phi) is 6.30. The number of hydrogen-bond acceptors (Lipinski definition) is 3. The van der Waals surface area contributed by atoms with E-state index in [9.17, 15) is 18.4 Å². The molecule has 5 N–H and O–H groups in total. The van der Waals surface area contributed by atoms with E-state index in [1.165, 1.54) is 0 Å². The van der Waals surface area contributed by atoms with Gasteiger partial charge in [0, 0.05) is 6.54 Å². The monoisotopic (exact) mass is 354 g/mol. The molecule has 0 unspecified atom stereocenters. The lowest BCUT2D eigenvalue weighted by molar-refractivity contribution is -0.128. The predicted molar refractivity (Wildman–Crippen MR) is 90.0 cm³/mol. The molecule has 0 saturated heterocycles. The van der Waals surface area contributed by atoms with Gasteiger partial charge in [0.05, 0.1) is 13.1 Å². The minimum absolute atomic E-state index is 0.315. The number of alkyl halides is 2. The summed E-state index contributed by atoms with van der Waals surface area (Å²) in [6, 6.07) is 8.84. The van der Waals surface area contributed by atoms with E-state index in [1.54, 1.807) is 0 Å². The lowest BCUT2D eigenvalue weighted by atomic mass is 9.96. The summed E-state index contributed by atoms with van der Waals surface area (Å²) in [5.41, 5.74) is 4.75. The first-order chi connectivity index (χ1) is 11.9. The molecule has 0 radical (unpaired) electrons. The number of carbonyl (C=O) groups is 2. The highest BCUT2D eigenvalue weighted by molar-refractivity contribution is 5.91.